The van der Waals surface area contributed by atoms with Crippen LogP contribution in [0.1, 0.15) is 5.01 Å². The third-order valence-electron chi connectivity index (χ3n) is 0.802. The van der Waals surface area contributed by atoms with Gasteiger partial charge in [-0.05, 0) is 0 Å². The molecule has 1 rings (SSSR count). The van der Waals surface area contributed by atoms with E-state index < -0.39 is 0 Å². The molecule has 0 amide bonds. The minimum absolute atomic E-state index is 0.900. The third kappa shape index (κ3) is 1.17. The molecule has 0 spiro atoms. The van der Waals surface area contributed by atoms with E-state index in [9.17, 15) is 0 Å². The van der Waals surface area contributed by atoms with E-state index in [0.717, 1.165) is 11.4 Å². The third-order valence-corrected chi connectivity index (χ3v) is 1.60. The first-order chi connectivity index (χ1) is 3.93. The molecule has 0 saturated carbocycles. The summed E-state index contributed by atoms with van der Waals surface area (Å²) in [6.07, 6.45) is 4.57. The molecule has 0 aliphatic heterocycles. The highest BCUT2D eigenvalue weighted by atomic mass is 32.1. The second kappa shape index (κ2) is 2.62. The SMILES string of the molecule is C=CC[14c]1nccs1. The molecule has 1 aromatic rings. The fourth-order valence-electron chi connectivity index (χ4n) is 0.477. The van der Waals surface area contributed by atoms with Crippen molar-refractivity contribution in [1.29, 1.82) is 0 Å². The van der Waals surface area contributed by atoms with Crippen molar-refractivity contribution in [3.63, 3.8) is 0 Å². The van der Waals surface area contributed by atoms with Gasteiger partial charge >= 0.3 is 0 Å². The zero-order valence-corrected chi connectivity index (χ0v) is 5.32. The molecule has 0 saturated heterocycles. The monoisotopic (exact) mass is 127 g/mol. The number of thiazole rings is 1. The molecule has 1 nitrogen and oxygen atoms in total. The quantitative estimate of drug-likeness (QED) is 0.553. The van der Waals surface area contributed by atoms with E-state index in [4.69, 9.17) is 0 Å². The number of hydrogen-bond acceptors (Lipinski definition) is 2. The van der Waals surface area contributed by atoms with Crippen LogP contribution < -0.4 is 0 Å². The predicted octanol–water partition coefficient (Wildman–Crippen LogP) is 1.87. The van der Waals surface area contributed by atoms with Crippen LogP contribution in [0.4, 0.5) is 0 Å². The molecule has 0 radical (unpaired) electrons. The molecule has 0 aromatic carbocycles. The van der Waals surface area contributed by atoms with Gasteiger partial charge in [0.2, 0.25) is 0 Å². The molecular formula is C6H7NS. The number of allylic oxidation sites excluding steroid dienone is 1. The van der Waals surface area contributed by atoms with Crippen molar-refractivity contribution in [2.75, 3.05) is 0 Å². The lowest BCUT2D eigenvalue weighted by Crippen LogP contribution is -1.73. The average Bonchev–Trinajstić information content (AvgIpc) is 2.19. The van der Waals surface area contributed by atoms with Crippen molar-refractivity contribution < 1.29 is 0 Å². The van der Waals surface area contributed by atoms with E-state index in [1.54, 1.807) is 11.3 Å². The molecule has 0 aliphatic carbocycles. The van der Waals surface area contributed by atoms with Gasteiger partial charge in [-0.2, -0.15) is 0 Å². The first-order valence-corrected chi connectivity index (χ1v) is 3.30. The number of hydrogen-bond donors (Lipinski definition) is 0. The Kier molecular flexibility index (Phi) is 1.80. The van der Waals surface area contributed by atoms with Crippen LogP contribution in [-0.2, 0) is 6.42 Å². The van der Waals surface area contributed by atoms with Crippen LogP contribution >= 0.6 is 11.3 Å². The first-order valence-electron chi connectivity index (χ1n) is 2.43. The van der Waals surface area contributed by atoms with E-state index in [2.05, 4.69) is 11.6 Å². The summed E-state index contributed by atoms with van der Waals surface area (Å²) in [4.78, 5) is 4.05. The molecule has 1 aromatic heterocycles. The Morgan fingerprint density at radius 2 is 2.75 bits per heavy atom. The molecule has 0 atom stereocenters. The molecule has 1 heterocycles. The molecule has 2 heteroatoms. The van der Waals surface area contributed by atoms with E-state index >= 15 is 0 Å². The maximum atomic E-state index is 4.05. The fourth-order valence-corrected chi connectivity index (χ4v) is 1.09. The van der Waals surface area contributed by atoms with Crippen LogP contribution in [0, 0.1) is 0 Å². The van der Waals surface area contributed by atoms with Gasteiger partial charge in [0.1, 0.15) is 0 Å². The van der Waals surface area contributed by atoms with Crippen LogP contribution in [0.3, 0.4) is 0 Å². The van der Waals surface area contributed by atoms with Crippen molar-refractivity contribution >= 4 is 11.3 Å². The van der Waals surface area contributed by atoms with Crippen LogP contribution in [0.2, 0.25) is 0 Å². The molecule has 0 bridgehead atoms. The van der Waals surface area contributed by atoms with Gasteiger partial charge in [-0.3, -0.25) is 0 Å². The summed E-state index contributed by atoms with van der Waals surface area (Å²) in [7, 11) is 0. The zero-order valence-electron chi connectivity index (χ0n) is 4.50. The highest BCUT2D eigenvalue weighted by molar-refractivity contribution is 7.09. The molecule has 42 valence electrons. The molecule has 0 aliphatic rings. The largest absolute Gasteiger partial charge is 0.249 e. The second-order valence-corrected chi connectivity index (χ2v) is 2.40. The van der Waals surface area contributed by atoms with Gasteiger partial charge in [0.15, 0.2) is 0 Å². The Morgan fingerprint density at radius 1 is 1.88 bits per heavy atom. The van der Waals surface area contributed by atoms with Crippen LogP contribution in [-0.4, -0.2) is 4.98 Å². The van der Waals surface area contributed by atoms with Crippen LogP contribution in [0.5, 0.6) is 0 Å². The highest BCUT2D eigenvalue weighted by Crippen LogP contribution is 2.03. The molecule has 0 unspecified atom stereocenters. The van der Waals surface area contributed by atoms with Crippen LogP contribution in [0.25, 0.3) is 0 Å². The van der Waals surface area contributed by atoms with Crippen molar-refractivity contribution in [3.8, 4) is 0 Å². The lowest BCUT2D eigenvalue weighted by atomic mass is 10.7. The van der Waals surface area contributed by atoms with E-state index in [-0.39, 0.29) is 0 Å². The molecule has 0 fully saturated rings. The smallest absolute Gasteiger partial charge is 0.0962 e. The Balaban J connectivity index is 2.62. The zero-order chi connectivity index (χ0) is 5.82. The summed E-state index contributed by atoms with van der Waals surface area (Å²) in [6, 6.07) is 0. The van der Waals surface area contributed by atoms with Gasteiger partial charge in [-0.25, -0.2) is 4.98 Å². The van der Waals surface area contributed by atoms with Crippen molar-refractivity contribution in [1.82, 2.24) is 4.98 Å². The Hall–Kier alpha value is -0.630. The predicted molar refractivity (Wildman–Crippen MR) is 36.0 cm³/mol. The van der Waals surface area contributed by atoms with Gasteiger partial charge in [0, 0.05) is 18.0 Å². The lowest BCUT2D eigenvalue weighted by Gasteiger charge is -1.79. The Morgan fingerprint density at radius 3 is 3.25 bits per heavy atom. The van der Waals surface area contributed by atoms with Gasteiger partial charge in [0.05, 0.1) is 5.01 Å². The number of rotatable bonds is 2. The molecular weight excluding hydrogens is 120 g/mol. The van der Waals surface area contributed by atoms with Crippen molar-refractivity contribution in [2.24, 2.45) is 0 Å². The maximum Gasteiger partial charge on any atom is 0.0962 e. The lowest BCUT2D eigenvalue weighted by molar-refractivity contribution is 1.19. The summed E-state index contributed by atoms with van der Waals surface area (Å²) < 4.78 is 0. The summed E-state index contributed by atoms with van der Waals surface area (Å²) in [5.41, 5.74) is 0. The number of nitrogens with zero attached hydrogens (tertiary/aromatic N) is 1. The van der Waals surface area contributed by atoms with Gasteiger partial charge in [-0.1, -0.05) is 6.08 Å². The van der Waals surface area contributed by atoms with Crippen molar-refractivity contribution in [2.45, 2.75) is 6.42 Å². The first kappa shape index (κ1) is 5.51. The van der Waals surface area contributed by atoms with Crippen molar-refractivity contribution in [3.05, 3.63) is 29.2 Å². The summed E-state index contributed by atoms with van der Waals surface area (Å²) in [6.45, 7) is 3.60. The van der Waals surface area contributed by atoms with Gasteiger partial charge < -0.3 is 0 Å². The van der Waals surface area contributed by atoms with Gasteiger partial charge in [-0.15, -0.1) is 17.9 Å². The topological polar surface area (TPSA) is 12.9 Å². The van der Waals surface area contributed by atoms with E-state index in [1.165, 1.54) is 0 Å². The second-order valence-electron chi connectivity index (χ2n) is 1.42. The number of aromatic nitrogens is 1. The van der Waals surface area contributed by atoms with Gasteiger partial charge in [0.25, 0.3) is 0 Å². The summed E-state index contributed by atoms with van der Waals surface area (Å²) in [5, 5.41) is 3.11. The standard InChI is InChI=1S/C6H7NS/c1-2-3-6-7-4-5-8-6/h2,4-5H,1,3H2/i6+2. The van der Waals surface area contributed by atoms with E-state index in [1.807, 2.05) is 17.7 Å². The minimum atomic E-state index is 0.900. The normalized spacial score (nSPS) is 9.00. The maximum absolute atomic E-state index is 4.05. The fraction of sp³-hybridized carbons (Fsp3) is 0.167. The Bertz CT molecular complexity index is 155. The minimum Gasteiger partial charge on any atom is -0.249 e. The van der Waals surface area contributed by atoms with E-state index in [0.29, 0.717) is 0 Å². The molecule has 0 N–H and O–H groups in total. The summed E-state index contributed by atoms with van der Waals surface area (Å²) >= 11 is 1.67. The molecule has 8 heavy (non-hydrogen) atoms. The summed E-state index contributed by atoms with van der Waals surface area (Å²) in [5.74, 6) is 0. The Labute approximate surface area is 52.7 Å². The highest BCUT2D eigenvalue weighted by Gasteiger charge is 1.86. The average molecular weight is 127 g/mol. The van der Waals surface area contributed by atoms with Crippen LogP contribution in [0.15, 0.2) is 24.2 Å².